The van der Waals surface area contributed by atoms with E-state index in [9.17, 15) is 0 Å². The Kier molecular flexibility index (Phi) is 6.77. The van der Waals surface area contributed by atoms with Gasteiger partial charge in [-0.15, -0.1) is 68.0 Å². The zero-order chi connectivity index (χ0) is 24.6. The second-order valence-corrected chi connectivity index (χ2v) is 17.3. The van der Waals surface area contributed by atoms with Gasteiger partial charge in [0.05, 0.1) is 28.1 Å². The number of benzene rings is 1. The van der Waals surface area contributed by atoms with Crippen molar-refractivity contribution in [3.63, 3.8) is 0 Å². The van der Waals surface area contributed by atoms with Gasteiger partial charge in [0.25, 0.3) is 0 Å². The summed E-state index contributed by atoms with van der Waals surface area (Å²) in [6, 6.07) is 17.7. The SMILES string of the molecule is Brc1cc(-c2sc3cc(-c4cccs4)sc3c2Br)c(Br)cc1-c1sc2cc(-c3cccs3)sc2c1Br. The van der Waals surface area contributed by atoms with E-state index in [1.54, 1.807) is 22.7 Å². The van der Waals surface area contributed by atoms with Gasteiger partial charge in [-0.2, -0.15) is 0 Å². The van der Waals surface area contributed by atoms with Crippen LogP contribution in [0.4, 0.5) is 0 Å². The number of hydrogen-bond donors (Lipinski definition) is 0. The Labute approximate surface area is 264 Å². The van der Waals surface area contributed by atoms with E-state index < -0.39 is 0 Å². The zero-order valence-corrected chi connectivity index (χ0v) is 29.0. The van der Waals surface area contributed by atoms with Crippen molar-refractivity contribution < 1.29 is 0 Å². The molecule has 0 aliphatic carbocycles. The minimum absolute atomic E-state index is 1.09. The zero-order valence-electron chi connectivity index (χ0n) is 17.7. The van der Waals surface area contributed by atoms with Crippen LogP contribution >= 0.6 is 132 Å². The highest BCUT2D eigenvalue weighted by atomic mass is 79.9. The lowest BCUT2D eigenvalue weighted by Crippen LogP contribution is -1.83. The van der Waals surface area contributed by atoms with Crippen molar-refractivity contribution in [3.05, 3.63) is 77.2 Å². The Morgan fingerprint density at radius 1 is 0.500 bits per heavy atom. The largest absolute Gasteiger partial charge is 0.143 e. The molecule has 36 heavy (non-hydrogen) atoms. The van der Waals surface area contributed by atoms with Crippen LogP contribution in [-0.2, 0) is 0 Å². The van der Waals surface area contributed by atoms with Crippen LogP contribution in [0.25, 0.3) is 59.2 Å². The summed E-state index contributed by atoms with van der Waals surface area (Å²) < 4.78 is 9.81. The first-order chi connectivity index (χ1) is 17.5. The van der Waals surface area contributed by atoms with Gasteiger partial charge < -0.3 is 0 Å². The van der Waals surface area contributed by atoms with Gasteiger partial charge in [-0.3, -0.25) is 0 Å². The molecule has 0 nitrogen and oxygen atoms in total. The highest BCUT2D eigenvalue weighted by molar-refractivity contribution is 9.11. The summed E-state index contributed by atoms with van der Waals surface area (Å²) in [5.74, 6) is 0. The van der Waals surface area contributed by atoms with Crippen molar-refractivity contribution >= 4 is 151 Å². The van der Waals surface area contributed by atoms with Crippen LogP contribution in [0.1, 0.15) is 0 Å². The normalized spacial score (nSPS) is 11.9. The predicted molar refractivity (Wildman–Crippen MR) is 181 cm³/mol. The van der Waals surface area contributed by atoms with Crippen LogP contribution in [0.3, 0.4) is 0 Å². The third-order valence-electron chi connectivity index (χ3n) is 5.69. The smallest absolute Gasteiger partial charge is 0.0606 e. The fraction of sp³-hybridized carbons (Fsp3) is 0. The minimum atomic E-state index is 1.09. The van der Waals surface area contributed by atoms with E-state index in [0.717, 1.165) is 8.95 Å². The van der Waals surface area contributed by atoms with Crippen molar-refractivity contribution in [1.82, 2.24) is 0 Å². The standard InChI is InChI=1S/C26H10Br4S6/c27-13-8-12(24-22(30)26-20(36-24)10-18(34-26)16-4-2-6-32-16)14(28)7-11(13)23-21(29)25-19(35-23)9-17(33-25)15-3-1-5-31-15/h1-10H. The summed E-state index contributed by atoms with van der Waals surface area (Å²) >= 11 is 26.6. The maximum absolute atomic E-state index is 3.92. The molecule has 0 radical (unpaired) electrons. The van der Waals surface area contributed by atoms with Crippen LogP contribution in [0, 0.1) is 0 Å². The molecule has 0 aliphatic heterocycles. The highest BCUT2D eigenvalue weighted by Gasteiger charge is 2.22. The molecule has 6 heterocycles. The first-order valence-corrected chi connectivity index (χ1v) is 18.7. The number of rotatable bonds is 4. The van der Waals surface area contributed by atoms with E-state index in [1.807, 2.05) is 45.3 Å². The Hall–Kier alpha value is -0.140. The summed E-state index contributed by atoms with van der Waals surface area (Å²) in [5, 5.41) is 4.27. The number of thiophene rings is 6. The molecule has 7 rings (SSSR count). The van der Waals surface area contributed by atoms with Crippen LogP contribution in [-0.4, -0.2) is 0 Å². The molecule has 10 heteroatoms. The van der Waals surface area contributed by atoms with Gasteiger partial charge >= 0.3 is 0 Å². The Bertz CT molecular complexity index is 1740. The van der Waals surface area contributed by atoms with Gasteiger partial charge in [-0.25, -0.2) is 0 Å². The lowest BCUT2D eigenvalue weighted by molar-refractivity contribution is 1.59. The van der Waals surface area contributed by atoms with Crippen LogP contribution in [0.15, 0.2) is 77.2 Å². The van der Waals surface area contributed by atoms with Gasteiger partial charge in [0.2, 0.25) is 0 Å². The molecule has 7 aromatic rings. The minimum Gasteiger partial charge on any atom is -0.143 e. The molecule has 0 saturated heterocycles. The van der Waals surface area contributed by atoms with E-state index in [4.69, 9.17) is 0 Å². The quantitative estimate of drug-likeness (QED) is 0.166. The molecular formula is C26H10Br4S6. The summed E-state index contributed by atoms with van der Waals surface area (Å²) in [4.78, 5) is 7.82. The van der Waals surface area contributed by atoms with Crippen LogP contribution in [0.2, 0.25) is 0 Å². The molecule has 0 atom stereocenters. The lowest BCUT2D eigenvalue weighted by atomic mass is 10.1. The monoisotopic (exact) mass is 830 g/mol. The molecule has 0 aliphatic rings. The van der Waals surface area contributed by atoms with E-state index >= 15 is 0 Å². The van der Waals surface area contributed by atoms with Gasteiger partial charge in [-0.05, 0) is 79.0 Å². The maximum atomic E-state index is 3.92. The van der Waals surface area contributed by atoms with Crippen molar-refractivity contribution in [3.8, 4) is 40.4 Å². The summed E-state index contributed by atoms with van der Waals surface area (Å²) in [6.45, 7) is 0. The van der Waals surface area contributed by atoms with Gasteiger partial charge in [0.1, 0.15) is 0 Å². The van der Waals surface area contributed by atoms with E-state index in [0.29, 0.717) is 0 Å². The molecular weight excluding hydrogens is 824 g/mol. The summed E-state index contributed by atoms with van der Waals surface area (Å²) in [6.07, 6.45) is 0. The average Bonchev–Trinajstić information content (AvgIpc) is 3.68. The van der Waals surface area contributed by atoms with Crippen molar-refractivity contribution in [2.45, 2.75) is 0 Å². The molecule has 6 aromatic heterocycles. The Morgan fingerprint density at radius 3 is 1.31 bits per heavy atom. The molecule has 0 fully saturated rings. The van der Waals surface area contributed by atoms with E-state index in [1.165, 1.54) is 68.1 Å². The van der Waals surface area contributed by atoms with E-state index in [2.05, 4.69) is 123 Å². The average molecular weight is 834 g/mol. The summed E-state index contributed by atoms with van der Waals surface area (Å²) in [7, 11) is 0. The molecule has 178 valence electrons. The first kappa shape index (κ1) is 24.9. The molecule has 0 unspecified atom stereocenters. The second kappa shape index (κ2) is 9.80. The molecule has 0 spiro atoms. The van der Waals surface area contributed by atoms with Crippen LogP contribution < -0.4 is 0 Å². The third kappa shape index (κ3) is 4.15. The van der Waals surface area contributed by atoms with Crippen LogP contribution in [0.5, 0.6) is 0 Å². The number of halogens is 4. The molecule has 0 N–H and O–H groups in total. The molecule has 0 saturated carbocycles. The fourth-order valence-electron chi connectivity index (χ4n) is 4.04. The topological polar surface area (TPSA) is 0 Å². The van der Waals surface area contributed by atoms with E-state index in [-0.39, 0.29) is 0 Å². The van der Waals surface area contributed by atoms with Gasteiger partial charge in [-0.1, -0.05) is 44.0 Å². The molecule has 0 amide bonds. The highest BCUT2D eigenvalue weighted by Crippen LogP contribution is 2.53. The van der Waals surface area contributed by atoms with Crippen molar-refractivity contribution in [2.24, 2.45) is 0 Å². The van der Waals surface area contributed by atoms with Gasteiger partial charge in [0.15, 0.2) is 0 Å². The van der Waals surface area contributed by atoms with Crippen molar-refractivity contribution in [2.75, 3.05) is 0 Å². The molecule has 1 aromatic carbocycles. The second-order valence-electron chi connectivity index (χ2n) is 7.86. The predicted octanol–water partition coefficient (Wildman–Crippen LogP) is 14.1. The maximum Gasteiger partial charge on any atom is 0.0606 e. The lowest BCUT2D eigenvalue weighted by Gasteiger charge is -2.10. The first-order valence-electron chi connectivity index (χ1n) is 10.5. The fourth-order valence-corrected chi connectivity index (χ4v) is 14.0. The third-order valence-corrected chi connectivity index (χ3v) is 16.7. The Balaban J connectivity index is 1.29. The number of hydrogen-bond acceptors (Lipinski definition) is 6. The van der Waals surface area contributed by atoms with Gasteiger partial charge in [0, 0.05) is 49.0 Å². The summed E-state index contributed by atoms with van der Waals surface area (Å²) in [5.41, 5.74) is 2.39. The molecule has 0 bridgehead atoms. The Morgan fingerprint density at radius 2 is 0.944 bits per heavy atom. The van der Waals surface area contributed by atoms with Crippen molar-refractivity contribution in [1.29, 1.82) is 0 Å². The number of fused-ring (bicyclic) bond motifs is 2.